The van der Waals surface area contributed by atoms with E-state index in [0.29, 0.717) is 22.2 Å². The number of ether oxygens (including phenoxy) is 2. The van der Waals surface area contributed by atoms with Gasteiger partial charge in [-0.2, -0.15) is 5.10 Å². The average molecular weight is 359 g/mol. The Morgan fingerprint density at radius 1 is 1.16 bits per heavy atom. The van der Waals surface area contributed by atoms with Crippen molar-refractivity contribution in [2.45, 2.75) is 13.8 Å². The first-order valence-corrected chi connectivity index (χ1v) is 7.98. The van der Waals surface area contributed by atoms with Gasteiger partial charge in [0.05, 0.1) is 20.4 Å². The molecule has 6 nitrogen and oxygen atoms in total. The topological polar surface area (TPSA) is 75.1 Å². The second-order valence-corrected chi connectivity index (χ2v) is 5.75. The van der Waals surface area contributed by atoms with E-state index in [1.165, 1.54) is 19.8 Å². The molecule has 0 amide bonds. The Labute approximate surface area is 152 Å². The largest absolute Gasteiger partial charge is 0.502 e. The van der Waals surface area contributed by atoms with E-state index in [2.05, 4.69) is 15.8 Å². The lowest BCUT2D eigenvalue weighted by Gasteiger charge is -2.11. The monoisotopic (exact) mass is 359 g/mol. The zero-order chi connectivity index (χ0) is 18.4. The molecule has 0 heterocycles. The van der Waals surface area contributed by atoms with Gasteiger partial charge in [0.15, 0.2) is 16.6 Å². The summed E-state index contributed by atoms with van der Waals surface area (Å²) in [5.41, 5.74) is 6.69. The summed E-state index contributed by atoms with van der Waals surface area (Å²) < 4.78 is 10.2. The van der Waals surface area contributed by atoms with Crippen molar-refractivity contribution in [1.29, 1.82) is 0 Å². The van der Waals surface area contributed by atoms with Crippen molar-refractivity contribution in [1.82, 2.24) is 5.43 Å². The van der Waals surface area contributed by atoms with Crippen LogP contribution in [0.2, 0.25) is 0 Å². The number of anilines is 1. The van der Waals surface area contributed by atoms with Crippen LogP contribution in [0.1, 0.15) is 16.7 Å². The van der Waals surface area contributed by atoms with E-state index in [1.54, 1.807) is 18.3 Å². The normalized spacial score (nSPS) is 10.6. The summed E-state index contributed by atoms with van der Waals surface area (Å²) in [4.78, 5) is 0. The van der Waals surface area contributed by atoms with Crippen molar-refractivity contribution in [2.24, 2.45) is 5.10 Å². The van der Waals surface area contributed by atoms with Gasteiger partial charge in [0.2, 0.25) is 5.75 Å². The van der Waals surface area contributed by atoms with E-state index in [4.69, 9.17) is 21.7 Å². The second kappa shape index (κ2) is 8.34. The number of phenols is 1. The lowest BCUT2D eigenvalue weighted by molar-refractivity contribution is 0.340. The molecule has 0 aliphatic rings. The molecule has 0 aliphatic heterocycles. The number of hydrogen-bond donors (Lipinski definition) is 3. The van der Waals surface area contributed by atoms with Gasteiger partial charge >= 0.3 is 0 Å². The van der Waals surface area contributed by atoms with Crippen molar-refractivity contribution in [3.8, 4) is 17.2 Å². The number of rotatable bonds is 5. The van der Waals surface area contributed by atoms with Crippen molar-refractivity contribution in [3.05, 3.63) is 47.0 Å². The van der Waals surface area contributed by atoms with E-state index in [0.717, 1.165) is 11.3 Å². The summed E-state index contributed by atoms with van der Waals surface area (Å²) >= 11 is 5.25. The predicted molar refractivity (Wildman–Crippen MR) is 104 cm³/mol. The summed E-state index contributed by atoms with van der Waals surface area (Å²) in [5, 5.41) is 17.5. The maximum Gasteiger partial charge on any atom is 0.200 e. The van der Waals surface area contributed by atoms with Crippen LogP contribution in [-0.4, -0.2) is 30.7 Å². The Kier molecular flexibility index (Phi) is 6.19. The minimum Gasteiger partial charge on any atom is -0.502 e. The molecule has 7 heteroatoms. The fraction of sp³-hybridized carbons (Fsp3) is 0.222. The predicted octanol–water partition coefficient (Wildman–Crippen LogP) is 3.35. The lowest BCUT2D eigenvalue weighted by atomic mass is 10.1. The Morgan fingerprint density at radius 2 is 1.80 bits per heavy atom. The molecule has 0 aliphatic carbocycles. The number of nitrogens with zero attached hydrogens (tertiary/aromatic N) is 1. The minimum absolute atomic E-state index is 0.0535. The average Bonchev–Trinajstić information content (AvgIpc) is 2.60. The molecule has 0 saturated heterocycles. The Balaban J connectivity index is 2.05. The van der Waals surface area contributed by atoms with Gasteiger partial charge in [-0.1, -0.05) is 12.1 Å². The van der Waals surface area contributed by atoms with Crippen LogP contribution in [0.3, 0.4) is 0 Å². The summed E-state index contributed by atoms with van der Waals surface area (Å²) in [7, 11) is 2.94. The van der Waals surface area contributed by atoms with Gasteiger partial charge in [-0.15, -0.1) is 0 Å². The fourth-order valence-electron chi connectivity index (χ4n) is 2.19. The first-order valence-electron chi connectivity index (χ1n) is 7.57. The maximum atomic E-state index is 9.90. The van der Waals surface area contributed by atoms with Gasteiger partial charge in [0.1, 0.15) is 0 Å². The van der Waals surface area contributed by atoms with Crippen LogP contribution >= 0.6 is 12.2 Å². The smallest absolute Gasteiger partial charge is 0.200 e. The highest BCUT2D eigenvalue weighted by Crippen LogP contribution is 2.36. The Bertz CT molecular complexity index is 781. The molecule has 132 valence electrons. The van der Waals surface area contributed by atoms with Crippen LogP contribution in [-0.2, 0) is 0 Å². The molecule has 2 rings (SSSR count). The van der Waals surface area contributed by atoms with Crippen molar-refractivity contribution in [2.75, 3.05) is 19.5 Å². The number of hydrogen-bond acceptors (Lipinski definition) is 5. The first-order chi connectivity index (χ1) is 12.0. The van der Waals surface area contributed by atoms with Gasteiger partial charge in [0.25, 0.3) is 0 Å². The summed E-state index contributed by atoms with van der Waals surface area (Å²) in [6.45, 7) is 4.07. The minimum atomic E-state index is -0.0535. The lowest BCUT2D eigenvalue weighted by Crippen LogP contribution is -2.24. The zero-order valence-electron chi connectivity index (χ0n) is 14.6. The van der Waals surface area contributed by atoms with Gasteiger partial charge in [-0.05, 0) is 55.4 Å². The molecule has 0 atom stereocenters. The van der Waals surface area contributed by atoms with Gasteiger partial charge in [0, 0.05) is 11.3 Å². The maximum absolute atomic E-state index is 9.90. The van der Waals surface area contributed by atoms with Crippen LogP contribution in [0, 0.1) is 13.8 Å². The molecule has 0 saturated carbocycles. The van der Waals surface area contributed by atoms with E-state index >= 15 is 0 Å². The highest BCUT2D eigenvalue weighted by Gasteiger charge is 2.10. The standard InChI is InChI=1S/C18H21N3O3S/c1-11-6-5-7-14(12(11)2)20-18(25)21-19-10-13-8-15(23-3)17(22)16(9-13)24-4/h5-10,22H,1-4H3,(H2,20,21,25)/b19-10+. The third kappa shape index (κ3) is 4.60. The molecular formula is C18H21N3O3S. The van der Waals surface area contributed by atoms with Crippen molar-refractivity contribution in [3.63, 3.8) is 0 Å². The molecule has 2 aromatic carbocycles. The zero-order valence-corrected chi connectivity index (χ0v) is 15.4. The third-order valence-corrected chi connectivity index (χ3v) is 3.93. The fourth-order valence-corrected chi connectivity index (χ4v) is 2.35. The molecule has 25 heavy (non-hydrogen) atoms. The summed E-state index contributed by atoms with van der Waals surface area (Å²) in [6.07, 6.45) is 1.56. The summed E-state index contributed by atoms with van der Waals surface area (Å²) in [5.74, 6) is 0.552. The second-order valence-electron chi connectivity index (χ2n) is 5.35. The molecule has 0 bridgehead atoms. The first kappa shape index (κ1) is 18.5. The van der Waals surface area contributed by atoms with E-state index < -0.39 is 0 Å². The van der Waals surface area contributed by atoms with Gasteiger partial charge in [-0.25, -0.2) is 0 Å². The Hall–Kier alpha value is -2.80. The number of methoxy groups -OCH3 is 2. The third-order valence-electron chi connectivity index (χ3n) is 3.73. The van der Waals surface area contributed by atoms with Crippen molar-refractivity contribution >= 4 is 29.2 Å². The number of aryl methyl sites for hydroxylation is 1. The van der Waals surface area contributed by atoms with Gasteiger partial charge < -0.3 is 19.9 Å². The number of thiocarbonyl (C=S) groups is 1. The molecule has 2 aromatic rings. The van der Waals surface area contributed by atoms with Crippen LogP contribution in [0.5, 0.6) is 17.2 Å². The quantitative estimate of drug-likeness (QED) is 0.432. The molecular weight excluding hydrogens is 338 g/mol. The van der Waals surface area contributed by atoms with E-state index in [1.807, 2.05) is 32.0 Å². The highest BCUT2D eigenvalue weighted by atomic mass is 32.1. The SMILES string of the molecule is COc1cc(/C=N/NC(=S)Nc2cccc(C)c2C)cc(OC)c1O. The van der Waals surface area contributed by atoms with Crippen LogP contribution in [0.4, 0.5) is 5.69 Å². The molecule has 0 radical (unpaired) electrons. The molecule has 0 spiro atoms. The molecule has 3 N–H and O–H groups in total. The number of phenolic OH excluding ortho intramolecular Hbond substituents is 1. The summed E-state index contributed by atoms with van der Waals surface area (Å²) in [6, 6.07) is 9.25. The molecule has 0 unspecified atom stereocenters. The van der Waals surface area contributed by atoms with Gasteiger partial charge in [-0.3, -0.25) is 5.43 Å². The molecule has 0 fully saturated rings. The molecule has 0 aromatic heterocycles. The Morgan fingerprint density at radius 3 is 2.40 bits per heavy atom. The van der Waals surface area contributed by atoms with Crippen LogP contribution in [0.15, 0.2) is 35.4 Å². The van der Waals surface area contributed by atoms with E-state index in [-0.39, 0.29) is 5.75 Å². The van der Waals surface area contributed by atoms with Crippen molar-refractivity contribution < 1.29 is 14.6 Å². The van der Waals surface area contributed by atoms with E-state index in [9.17, 15) is 5.11 Å². The number of aromatic hydroxyl groups is 1. The number of hydrazone groups is 1. The van der Waals surface area contributed by atoms with Crippen LogP contribution < -0.4 is 20.2 Å². The van der Waals surface area contributed by atoms with Crippen LogP contribution in [0.25, 0.3) is 0 Å². The number of nitrogens with one attached hydrogen (secondary N) is 2. The number of benzene rings is 2. The highest BCUT2D eigenvalue weighted by molar-refractivity contribution is 7.80.